The maximum atomic E-state index is 12.5. The van der Waals surface area contributed by atoms with Gasteiger partial charge in [-0.25, -0.2) is 0 Å². The summed E-state index contributed by atoms with van der Waals surface area (Å²) >= 11 is 0. The third-order valence-electron chi connectivity index (χ3n) is 3.09. The fraction of sp³-hybridized carbons (Fsp3) is 0.312. The van der Waals surface area contributed by atoms with Gasteiger partial charge in [0.25, 0.3) is 5.91 Å². The number of carbonyl (C=O) groups excluding carboxylic acids is 1. The lowest BCUT2D eigenvalue weighted by Gasteiger charge is -2.23. The van der Waals surface area contributed by atoms with Crippen molar-refractivity contribution in [1.29, 1.82) is 0 Å². The SMILES string of the molecule is Cc1ccc(N(CCN(C)C)C(=O)c2ccco2)cc1. The van der Waals surface area contributed by atoms with Crippen molar-refractivity contribution >= 4 is 11.6 Å². The monoisotopic (exact) mass is 272 g/mol. The van der Waals surface area contributed by atoms with E-state index in [4.69, 9.17) is 4.42 Å². The van der Waals surface area contributed by atoms with E-state index in [-0.39, 0.29) is 5.91 Å². The summed E-state index contributed by atoms with van der Waals surface area (Å²) in [6.45, 7) is 3.44. The van der Waals surface area contributed by atoms with E-state index in [0.717, 1.165) is 12.2 Å². The number of amides is 1. The standard InChI is InChI=1S/C16H20N2O2/c1-13-6-8-14(9-7-13)18(11-10-17(2)3)16(19)15-5-4-12-20-15/h4-9,12H,10-11H2,1-3H3. The van der Waals surface area contributed by atoms with Gasteiger partial charge in [0.15, 0.2) is 5.76 Å². The second-order valence-corrected chi connectivity index (χ2v) is 5.07. The van der Waals surface area contributed by atoms with Crippen molar-refractivity contribution in [2.75, 3.05) is 32.1 Å². The molecular formula is C16H20N2O2. The minimum atomic E-state index is -0.110. The maximum Gasteiger partial charge on any atom is 0.293 e. The number of benzene rings is 1. The first-order valence-electron chi connectivity index (χ1n) is 6.64. The third kappa shape index (κ3) is 3.48. The summed E-state index contributed by atoms with van der Waals surface area (Å²) in [6.07, 6.45) is 1.52. The fourth-order valence-electron chi connectivity index (χ4n) is 1.91. The largest absolute Gasteiger partial charge is 0.459 e. The molecule has 0 N–H and O–H groups in total. The minimum absolute atomic E-state index is 0.110. The van der Waals surface area contributed by atoms with Gasteiger partial charge in [-0.3, -0.25) is 4.79 Å². The zero-order valence-electron chi connectivity index (χ0n) is 12.2. The Labute approximate surface area is 119 Å². The highest BCUT2D eigenvalue weighted by Crippen LogP contribution is 2.18. The van der Waals surface area contributed by atoms with Crippen LogP contribution >= 0.6 is 0 Å². The number of aryl methyl sites for hydroxylation is 1. The van der Waals surface area contributed by atoms with E-state index in [9.17, 15) is 4.79 Å². The molecule has 0 atom stereocenters. The average molecular weight is 272 g/mol. The van der Waals surface area contributed by atoms with Crippen LogP contribution in [-0.2, 0) is 0 Å². The lowest BCUT2D eigenvalue weighted by atomic mass is 10.2. The molecular weight excluding hydrogens is 252 g/mol. The molecule has 2 rings (SSSR count). The van der Waals surface area contributed by atoms with Gasteiger partial charge in [-0.2, -0.15) is 0 Å². The van der Waals surface area contributed by atoms with E-state index in [1.54, 1.807) is 17.0 Å². The minimum Gasteiger partial charge on any atom is -0.459 e. The Balaban J connectivity index is 2.24. The molecule has 0 unspecified atom stereocenters. The summed E-state index contributed by atoms with van der Waals surface area (Å²) in [7, 11) is 3.98. The van der Waals surface area contributed by atoms with Crippen molar-refractivity contribution in [3.8, 4) is 0 Å². The normalized spacial score (nSPS) is 10.8. The smallest absolute Gasteiger partial charge is 0.293 e. The predicted octanol–water partition coefficient (Wildman–Crippen LogP) is 2.80. The Kier molecular flexibility index (Phi) is 4.58. The number of hydrogen-bond donors (Lipinski definition) is 0. The zero-order chi connectivity index (χ0) is 14.5. The molecule has 1 aromatic carbocycles. The van der Waals surface area contributed by atoms with Crippen molar-refractivity contribution in [2.45, 2.75) is 6.92 Å². The highest BCUT2D eigenvalue weighted by Gasteiger charge is 2.19. The first-order chi connectivity index (χ1) is 9.58. The summed E-state index contributed by atoms with van der Waals surface area (Å²) in [5, 5.41) is 0. The van der Waals surface area contributed by atoms with Crippen molar-refractivity contribution < 1.29 is 9.21 Å². The first kappa shape index (κ1) is 14.3. The van der Waals surface area contributed by atoms with Crippen LogP contribution in [0.5, 0.6) is 0 Å². The molecule has 0 saturated carbocycles. The van der Waals surface area contributed by atoms with E-state index in [2.05, 4.69) is 4.90 Å². The molecule has 0 aliphatic heterocycles. The Morgan fingerprint density at radius 1 is 1.10 bits per heavy atom. The van der Waals surface area contributed by atoms with Gasteiger partial charge in [-0.05, 0) is 45.3 Å². The van der Waals surface area contributed by atoms with Crippen LogP contribution in [0.15, 0.2) is 47.1 Å². The summed E-state index contributed by atoms with van der Waals surface area (Å²) in [4.78, 5) is 16.3. The van der Waals surface area contributed by atoms with Crippen LogP contribution in [0.2, 0.25) is 0 Å². The zero-order valence-corrected chi connectivity index (χ0v) is 12.2. The van der Waals surface area contributed by atoms with E-state index in [0.29, 0.717) is 12.3 Å². The van der Waals surface area contributed by atoms with Gasteiger partial charge in [0.05, 0.1) is 6.26 Å². The van der Waals surface area contributed by atoms with Crippen molar-refractivity contribution in [3.05, 3.63) is 54.0 Å². The van der Waals surface area contributed by atoms with Gasteiger partial charge in [0.2, 0.25) is 0 Å². The molecule has 0 radical (unpaired) electrons. The lowest BCUT2D eigenvalue weighted by molar-refractivity contribution is 0.0958. The highest BCUT2D eigenvalue weighted by atomic mass is 16.3. The number of carbonyl (C=O) groups is 1. The molecule has 4 heteroatoms. The number of anilines is 1. The Morgan fingerprint density at radius 2 is 1.80 bits per heavy atom. The van der Waals surface area contributed by atoms with Gasteiger partial charge in [0, 0.05) is 18.8 Å². The van der Waals surface area contributed by atoms with Crippen LogP contribution in [-0.4, -0.2) is 38.0 Å². The third-order valence-corrected chi connectivity index (χ3v) is 3.09. The predicted molar refractivity (Wildman–Crippen MR) is 80.1 cm³/mol. The number of furan rings is 1. The van der Waals surface area contributed by atoms with Crippen LogP contribution in [0.25, 0.3) is 0 Å². The summed E-state index contributed by atoms with van der Waals surface area (Å²) < 4.78 is 5.22. The number of nitrogens with zero attached hydrogens (tertiary/aromatic N) is 2. The number of hydrogen-bond acceptors (Lipinski definition) is 3. The van der Waals surface area contributed by atoms with E-state index < -0.39 is 0 Å². The van der Waals surface area contributed by atoms with Gasteiger partial charge in [-0.15, -0.1) is 0 Å². The summed E-state index contributed by atoms with van der Waals surface area (Å²) in [5.41, 5.74) is 2.06. The van der Waals surface area contributed by atoms with Crippen molar-refractivity contribution in [1.82, 2.24) is 4.90 Å². The van der Waals surface area contributed by atoms with Crippen LogP contribution in [0.3, 0.4) is 0 Å². The first-order valence-corrected chi connectivity index (χ1v) is 6.64. The van der Waals surface area contributed by atoms with Gasteiger partial charge >= 0.3 is 0 Å². The van der Waals surface area contributed by atoms with Crippen LogP contribution < -0.4 is 4.90 Å². The molecule has 1 heterocycles. The molecule has 0 saturated heterocycles. The molecule has 1 amide bonds. The number of rotatable bonds is 5. The van der Waals surface area contributed by atoms with Gasteiger partial charge in [0.1, 0.15) is 0 Å². The van der Waals surface area contributed by atoms with Gasteiger partial charge in [-0.1, -0.05) is 17.7 Å². The quantitative estimate of drug-likeness (QED) is 0.840. The molecule has 4 nitrogen and oxygen atoms in total. The molecule has 0 fully saturated rings. The second-order valence-electron chi connectivity index (χ2n) is 5.07. The average Bonchev–Trinajstić information content (AvgIpc) is 2.94. The lowest BCUT2D eigenvalue weighted by Crippen LogP contribution is -2.36. The molecule has 0 aliphatic carbocycles. The Morgan fingerprint density at radius 3 is 2.35 bits per heavy atom. The van der Waals surface area contributed by atoms with Crippen LogP contribution in [0.4, 0.5) is 5.69 Å². The Bertz CT molecular complexity index is 544. The molecule has 106 valence electrons. The van der Waals surface area contributed by atoms with Crippen molar-refractivity contribution in [3.63, 3.8) is 0 Å². The van der Waals surface area contributed by atoms with Gasteiger partial charge < -0.3 is 14.2 Å². The van der Waals surface area contributed by atoms with E-state index >= 15 is 0 Å². The molecule has 20 heavy (non-hydrogen) atoms. The maximum absolute atomic E-state index is 12.5. The van der Waals surface area contributed by atoms with E-state index in [1.807, 2.05) is 45.3 Å². The Hall–Kier alpha value is -2.07. The topological polar surface area (TPSA) is 36.7 Å². The molecule has 1 aromatic heterocycles. The molecule has 0 spiro atoms. The molecule has 2 aromatic rings. The fourth-order valence-corrected chi connectivity index (χ4v) is 1.91. The second kappa shape index (κ2) is 6.39. The van der Waals surface area contributed by atoms with Crippen LogP contribution in [0, 0.1) is 6.92 Å². The number of likely N-dealkylation sites (N-methyl/N-ethyl adjacent to an activating group) is 1. The summed E-state index contributed by atoms with van der Waals surface area (Å²) in [5.74, 6) is 0.255. The van der Waals surface area contributed by atoms with E-state index in [1.165, 1.54) is 11.8 Å². The molecule has 0 bridgehead atoms. The highest BCUT2D eigenvalue weighted by molar-refractivity contribution is 6.04. The molecule has 0 aliphatic rings. The van der Waals surface area contributed by atoms with Crippen molar-refractivity contribution in [2.24, 2.45) is 0 Å². The summed E-state index contributed by atoms with van der Waals surface area (Å²) in [6, 6.07) is 11.4. The van der Waals surface area contributed by atoms with Crippen LogP contribution in [0.1, 0.15) is 16.1 Å².